The van der Waals surface area contributed by atoms with E-state index in [2.05, 4.69) is 14.8 Å². The van der Waals surface area contributed by atoms with Crippen molar-refractivity contribution in [2.75, 3.05) is 33.3 Å². The monoisotopic (exact) mass is 833 g/mol. The fourth-order valence-corrected chi connectivity index (χ4v) is 5.57. The summed E-state index contributed by atoms with van der Waals surface area (Å²) in [5, 5.41) is 10.4. The number of carbonyl (C=O) groups excluding carboxylic acids is 1. The topological polar surface area (TPSA) is 80.3 Å². The van der Waals surface area contributed by atoms with E-state index in [9.17, 15) is 31.1 Å². The normalized spacial score (nSPS) is 17.2. The average Bonchev–Trinajstić information content (AvgIpc) is 3.11. The summed E-state index contributed by atoms with van der Waals surface area (Å²) >= 11 is 0. The van der Waals surface area contributed by atoms with Gasteiger partial charge in [0.1, 0.15) is 18.1 Å². The fourth-order valence-electron chi connectivity index (χ4n) is 5.57. The van der Waals surface area contributed by atoms with Gasteiger partial charge in [0.25, 0.3) is 0 Å². The van der Waals surface area contributed by atoms with Crippen LogP contribution in [0.25, 0.3) is 6.08 Å². The molecule has 2 fully saturated rings. The van der Waals surface area contributed by atoms with Gasteiger partial charge in [0.05, 0.1) is 0 Å². The van der Waals surface area contributed by atoms with Gasteiger partial charge in [-0.1, -0.05) is 66.7 Å². The molecule has 294 valence electrons. The first-order valence-electron chi connectivity index (χ1n) is 16.4. The molecule has 0 spiro atoms. The summed E-state index contributed by atoms with van der Waals surface area (Å²) in [5.41, 5.74) is 2.76. The number of ether oxygens (including phenoxy) is 3. The number of carbonyl (C=O) groups is 1. The molecule has 2 heterocycles. The Balaban J connectivity index is 0.000000988. The van der Waals surface area contributed by atoms with Crippen LogP contribution < -0.4 is 14.8 Å². The van der Waals surface area contributed by atoms with E-state index in [-0.39, 0.29) is 59.4 Å². The summed E-state index contributed by atoms with van der Waals surface area (Å²) in [5.74, 6) is 0.439. The van der Waals surface area contributed by atoms with Crippen molar-refractivity contribution in [2.45, 2.75) is 57.9 Å². The molecule has 2 saturated heterocycles. The molecule has 2 aliphatic heterocycles. The van der Waals surface area contributed by atoms with Crippen molar-refractivity contribution in [3.63, 3.8) is 0 Å². The molecule has 7 nitrogen and oxygen atoms in total. The number of rotatable bonds is 9. The third-order valence-electron chi connectivity index (χ3n) is 7.99. The van der Waals surface area contributed by atoms with Crippen LogP contribution in [-0.4, -0.2) is 62.1 Å². The zero-order valence-electron chi connectivity index (χ0n) is 29.2. The van der Waals surface area contributed by atoms with Crippen LogP contribution in [0.4, 0.5) is 31.1 Å². The Bertz CT molecular complexity index is 1430. The maximum atomic E-state index is 12.3. The number of alkyl halides is 6. The number of aliphatic hydroxyl groups excluding tert-OH is 1. The fraction of sp³-hybridized carbons (Fsp3) is 0.421. The molecule has 2 atom stereocenters. The molecule has 2 aliphatic rings. The minimum atomic E-state index is -4.70. The predicted octanol–water partition coefficient (Wildman–Crippen LogP) is 9.47. The number of amides is 1. The number of aryl methyl sites for hydroxylation is 1. The van der Waals surface area contributed by atoms with E-state index in [1.165, 1.54) is 37.1 Å². The first kappa shape index (κ1) is 46.5. The molecule has 0 radical (unpaired) electrons. The van der Waals surface area contributed by atoms with Crippen LogP contribution in [0.2, 0.25) is 0 Å². The molecule has 3 aromatic carbocycles. The number of benzene rings is 3. The Morgan fingerprint density at radius 2 is 1.46 bits per heavy atom. The number of piperidine rings is 2. The molecule has 5 rings (SSSR count). The van der Waals surface area contributed by atoms with Crippen molar-refractivity contribution < 1.29 is 72.3 Å². The summed E-state index contributed by atoms with van der Waals surface area (Å²) in [6.45, 7) is 3.60. The summed E-state index contributed by atoms with van der Waals surface area (Å²) in [7, 11) is 1.00. The summed E-state index contributed by atoms with van der Waals surface area (Å²) in [4.78, 5) is 14.0. The Hall–Kier alpha value is -3.57. The third kappa shape index (κ3) is 18.8. The zero-order valence-corrected chi connectivity index (χ0v) is 30.8. The molecule has 0 bridgehead atoms. The summed E-state index contributed by atoms with van der Waals surface area (Å²) in [6.07, 6.45) is 0.420. The summed E-state index contributed by atoms with van der Waals surface area (Å²) in [6, 6.07) is 21.4. The second-order valence-corrected chi connectivity index (χ2v) is 11.8. The van der Waals surface area contributed by atoms with E-state index in [1.807, 2.05) is 42.5 Å². The van der Waals surface area contributed by atoms with Gasteiger partial charge in [-0.25, -0.2) is 4.79 Å². The maximum Gasteiger partial charge on any atom is 0.573 e. The van der Waals surface area contributed by atoms with Crippen LogP contribution in [0.15, 0.2) is 84.9 Å². The first-order valence-corrected chi connectivity index (χ1v) is 16.4. The van der Waals surface area contributed by atoms with Gasteiger partial charge in [0.15, 0.2) is 0 Å². The van der Waals surface area contributed by atoms with Gasteiger partial charge in [0.2, 0.25) is 0 Å². The van der Waals surface area contributed by atoms with Gasteiger partial charge in [-0.2, -0.15) is 0 Å². The largest absolute Gasteiger partial charge is 0.573 e. The number of halogens is 6. The Morgan fingerprint density at radius 1 is 0.865 bits per heavy atom. The first-order chi connectivity index (χ1) is 23.9. The van der Waals surface area contributed by atoms with Crippen molar-refractivity contribution in [3.8, 4) is 11.5 Å². The second kappa shape index (κ2) is 23.9. The Kier molecular flexibility index (Phi) is 21.3. The molecule has 2 unspecified atom stereocenters. The summed E-state index contributed by atoms with van der Waals surface area (Å²) < 4.78 is 85.7. The standard InChI is InChI=1S/C22H22F3NO3.C14H18F3NO.CH4O.CH3.Pd.H2/c23-22(24,25)29-20-12-10-17(11-13-20)8-9-18-7-4-14-26(15-18)21(27)28-16-19-5-2-1-3-6-19;15-14(16,17)19-13-7-5-11(6-8-13)3-4-12-2-1-9-18-10-12;1-2;;;/h1-3,5-6,8-13,18H,4,7,14-16H2;5-8,12,18H,1-4,9-10H2;2H,1H3;1H3;;1H/q;;;-1;;. The number of aliphatic hydroxyl groups is 1. The predicted molar refractivity (Wildman–Crippen MR) is 187 cm³/mol. The zero-order chi connectivity index (χ0) is 36.4. The maximum absolute atomic E-state index is 12.3. The molecular weight excluding hydrogens is 785 g/mol. The van der Waals surface area contributed by atoms with E-state index < -0.39 is 12.7 Å². The van der Waals surface area contributed by atoms with Crippen molar-refractivity contribution in [1.82, 2.24) is 10.2 Å². The van der Waals surface area contributed by atoms with Gasteiger partial charge in [-0.05, 0) is 104 Å². The van der Waals surface area contributed by atoms with Gasteiger partial charge in [0, 0.05) is 42.0 Å². The van der Waals surface area contributed by atoms with Crippen LogP contribution in [0.5, 0.6) is 11.5 Å². The average molecular weight is 834 g/mol. The van der Waals surface area contributed by atoms with E-state index in [0.29, 0.717) is 19.0 Å². The van der Waals surface area contributed by atoms with E-state index >= 15 is 0 Å². The molecule has 0 aromatic heterocycles. The van der Waals surface area contributed by atoms with Crippen LogP contribution in [0.1, 0.15) is 50.2 Å². The van der Waals surface area contributed by atoms with Crippen molar-refractivity contribution in [3.05, 3.63) is 109 Å². The van der Waals surface area contributed by atoms with Gasteiger partial charge >= 0.3 is 18.8 Å². The number of likely N-dealkylation sites (tertiary alicyclic amines) is 1. The second-order valence-electron chi connectivity index (χ2n) is 11.8. The smallest absolute Gasteiger partial charge is 0.445 e. The molecule has 14 heteroatoms. The van der Waals surface area contributed by atoms with E-state index in [1.54, 1.807) is 29.2 Å². The van der Waals surface area contributed by atoms with Crippen molar-refractivity contribution in [2.24, 2.45) is 11.8 Å². The molecular formula is C38H49F6N2O5Pd-. The van der Waals surface area contributed by atoms with E-state index in [0.717, 1.165) is 62.6 Å². The van der Waals surface area contributed by atoms with Crippen LogP contribution >= 0.6 is 0 Å². The molecule has 3 aromatic rings. The Morgan fingerprint density at radius 3 is 2.02 bits per heavy atom. The Labute approximate surface area is 317 Å². The minimum absolute atomic E-state index is 0. The molecule has 1 amide bonds. The SMILES string of the molecule is CO.FC(F)(F)Oc1ccc(CCC2CCCNC2)cc1.O=C(OCc1ccccc1)N1CCCC(C=Cc2ccc(OC(F)(F)F)cc2)C1.[CH3-].[HH].[Pd]. The van der Waals surface area contributed by atoms with Crippen molar-refractivity contribution in [1.29, 1.82) is 0 Å². The third-order valence-corrected chi connectivity index (χ3v) is 7.99. The molecule has 0 saturated carbocycles. The number of hydrogen-bond donors (Lipinski definition) is 2. The molecule has 52 heavy (non-hydrogen) atoms. The number of nitrogens with one attached hydrogen (secondary N) is 1. The van der Waals surface area contributed by atoms with Gasteiger partial charge in [-0.15, -0.1) is 26.3 Å². The van der Waals surface area contributed by atoms with Crippen LogP contribution in [-0.2, 0) is 38.2 Å². The number of nitrogens with zero attached hydrogens (tertiary/aromatic N) is 1. The molecule has 2 N–H and O–H groups in total. The van der Waals surface area contributed by atoms with Gasteiger partial charge in [-0.3, -0.25) is 0 Å². The quantitative estimate of drug-likeness (QED) is 0.127. The van der Waals surface area contributed by atoms with Crippen LogP contribution in [0.3, 0.4) is 0 Å². The minimum Gasteiger partial charge on any atom is -0.445 e. The van der Waals surface area contributed by atoms with Gasteiger partial charge < -0.3 is 37.0 Å². The van der Waals surface area contributed by atoms with Crippen LogP contribution in [0, 0.1) is 19.3 Å². The van der Waals surface area contributed by atoms with E-state index in [4.69, 9.17) is 9.84 Å². The molecule has 0 aliphatic carbocycles. The van der Waals surface area contributed by atoms with Crippen molar-refractivity contribution >= 4 is 12.2 Å². The number of hydrogen-bond acceptors (Lipinski definition) is 6.